The van der Waals surface area contributed by atoms with E-state index in [2.05, 4.69) is 55.4 Å². The van der Waals surface area contributed by atoms with Crippen LogP contribution in [0.1, 0.15) is 56.6 Å². The Hall–Kier alpha value is -0.860. The van der Waals surface area contributed by atoms with E-state index >= 15 is 0 Å². The zero-order valence-electron chi connectivity index (χ0n) is 13.1. The van der Waals surface area contributed by atoms with Crippen molar-refractivity contribution in [1.82, 2.24) is 10.2 Å². The molecule has 0 saturated carbocycles. The zero-order chi connectivity index (χ0) is 14.1. The van der Waals surface area contributed by atoms with Crippen LogP contribution in [-0.2, 0) is 6.54 Å². The monoisotopic (exact) mass is 272 g/mol. The summed E-state index contributed by atoms with van der Waals surface area (Å²) in [5.74, 6) is 0.626. The van der Waals surface area contributed by atoms with Crippen LogP contribution in [0.15, 0.2) is 24.3 Å². The Morgan fingerprint density at radius 2 is 1.70 bits per heavy atom. The molecule has 2 aliphatic heterocycles. The predicted octanol–water partition coefficient (Wildman–Crippen LogP) is 3.52. The molecule has 0 spiro atoms. The fourth-order valence-electron chi connectivity index (χ4n) is 3.86. The van der Waals surface area contributed by atoms with E-state index < -0.39 is 0 Å². The molecule has 2 fully saturated rings. The minimum Gasteiger partial charge on any atom is -0.310 e. The van der Waals surface area contributed by atoms with E-state index in [4.69, 9.17) is 0 Å². The highest BCUT2D eigenvalue weighted by atomic mass is 15.2. The fraction of sp³-hybridized carbons (Fsp3) is 0.667. The van der Waals surface area contributed by atoms with Gasteiger partial charge in [-0.05, 0) is 49.8 Å². The molecule has 2 aliphatic rings. The molecule has 2 heterocycles. The molecule has 0 radical (unpaired) electrons. The third kappa shape index (κ3) is 2.91. The van der Waals surface area contributed by atoms with E-state index in [1.807, 2.05) is 0 Å². The Kier molecular flexibility index (Phi) is 4.13. The van der Waals surface area contributed by atoms with Crippen molar-refractivity contribution in [3.8, 4) is 0 Å². The van der Waals surface area contributed by atoms with Crippen LogP contribution >= 0.6 is 0 Å². The molecule has 0 aliphatic carbocycles. The van der Waals surface area contributed by atoms with E-state index in [-0.39, 0.29) is 0 Å². The molecule has 20 heavy (non-hydrogen) atoms. The molecule has 0 aromatic heterocycles. The van der Waals surface area contributed by atoms with Crippen molar-refractivity contribution in [3.63, 3.8) is 0 Å². The lowest BCUT2D eigenvalue weighted by Crippen LogP contribution is -2.46. The molecule has 1 aromatic rings. The second kappa shape index (κ2) is 5.87. The van der Waals surface area contributed by atoms with Gasteiger partial charge in [0.1, 0.15) is 0 Å². The minimum atomic E-state index is 0.626. The van der Waals surface area contributed by atoms with Crippen LogP contribution in [0, 0.1) is 0 Å². The highest BCUT2D eigenvalue weighted by Crippen LogP contribution is 2.34. The smallest absolute Gasteiger partial charge is 0.0208 e. The average molecular weight is 272 g/mol. The largest absolute Gasteiger partial charge is 0.310 e. The molecule has 1 aromatic carbocycles. The van der Waals surface area contributed by atoms with Gasteiger partial charge in [-0.3, -0.25) is 0 Å². The Balaban J connectivity index is 1.52. The summed E-state index contributed by atoms with van der Waals surface area (Å²) < 4.78 is 0. The summed E-state index contributed by atoms with van der Waals surface area (Å²) in [5, 5.41) is 3.78. The van der Waals surface area contributed by atoms with Crippen molar-refractivity contribution in [2.75, 3.05) is 7.05 Å². The van der Waals surface area contributed by atoms with Crippen LogP contribution < -0.4 is 5.32 Å². The average Bonchev–Trinajstić information content (AvgIpc) is 2.66. The van der Waals surface area contributed by atoms with Crippen molar-refractivity contribution in [3.05, 3.63) is 35.4 Å². The van der Waals surface area contributed by atoms with E-state index in [9.17, 15) is 0 Å². The van der Waals surface area contributed by atoms with Gasteiger partial charge in [0, 0.05) is 24.7 Å². The highest BCUT2D eigenvalue weighted by molar-refractivity contribution is 5.24. The third-order valence-corrected chi connectivity index (χ3v) is 5.34. The normalized spacial score (nSPS) is 30.1. The second-order valence-electron chi connectivity index (χ2n) is 7.00. The highest BCUT2D eigenvalue weighted by Gasteiger charge is 2.37. The standard InChI is InChI=1S/C18H28N2/c1-13(2)15-6-4-14(5-7-15)12-19-16-10-17-8-9-18(11-16)20(17)3/h4-7,13,16-19H,8-12H2,1-3H3. The van der Waals surface area contributed by atoms with Gasteiger partial charge in [0.25, 0.3) is 0 Å². The molecule has 2 nitrogen and oxygen atoms in total. The Bertz CT molecular complexity index is 423. The molecule has 110 valence electrons. The van der Waals surface area contributed by atoms with Gasteiger partial charge >= 0.3 is 0 Å². The number of fused-ring (bicyclic) bond motifs is 2. The maximum Gasteiger partial charge on any atom is 0.0208 e. The minimum absolute atomic E-state index is 0.626. The summed E-state index contributed by atoms with van der Waals surface area (Å²) in [4.78, 5) is 2.61. The first kappa shape index (κ1) is 14.1. The molecule has 2 saturated heterocycles. The number of nitrogens with zero attached hydrogens (tertiary/aromatic N) is 1. The lowest BCUT2D eigenvalue weighted by Gasteiger charge is -2.36. The summed E-state index contributed by atoms with van der Waals surface area (Å²) in [7, 11) is 2.31. The maximum atomic E-state index is 3.78. The van der Waals surface area contributed by atoms with Crippen LogP contribution in [0.25, 0.3) is 0 Å². The van der Waals surface area contributed by atoms with Crippen LogP contribution in [0.2, 0.25) is 0 Å². The molecule has 1 N–H and O–H groups in total. The van der Waals surface area contributed by atoms with Gasteiger partial charge in [0.2, 0.25) is 0 Å². The quantitative estimate of drug-likeness (QED) is 0.902. The van der Waals surface area contributed by atoms with Crippen LogP contribution in [-0.4, -0.2) is 30.1 Å². The fourth-order valence-corrected chi connectivity index (χ4v) is 3.86. The SMILES string of the molecule is CC(C)c1ccc(CNC2CC3CCC(C2)N3C)cc1. The van der Waals surface area contributed by atoms with Crippen molar-refractivity contribution in [2.24, 2.45) is 0 Å². The van der Waals surface area contributed by atoms with Crippen LogP contribution in [0.4, 0.5) is 0 Å². The van der Waals surface area contributed by atoms with Crippen molar-refractivity contribution in [2.45, 2.75) is 70.1 Å². The van der Waals surface area contributed by atoms with Gasteiger partial charge in [-0.2, -0.15) is 0 Å². The first-order valence-corrected chi connectivity index (χ1v) is 8.17. The summed E-state index contributed by atoms with van der Waals surface area (Å²) in [5.41, 5.74) is 2.85. The summed E-state index contributed by atoms with van der Waals surface area (Å²) in [6, 6.07) is 11.5. The van der Waals surface area contributed by atoms with Gasteiger partial charge in [0.15, 0.2) is 0 Å². The zero-order valence-corrected chi connectivity index (χ0v) is 13.1. The number of benzene rings is 1. The molecule has 3 rings (SSSR count). The number of nitrogens with one attached hydrogen (secondary N) is 1. The number of rotatable bonds is 4. The summed E-state index contributed by atoms with van der Waals surface area (Å²) in [6.45, 7) is 5.52. The van der Waals surface area contributed by atoms with E-state index in [1.165, 1.54) is 36.8 Å². The van der Waals surface area contributed by atoms with Crippen LogP contribution in [0.5, 0.6) is 0 Å². The van der Waals surface area contributed by atoms with Crippen molar-refractivity contribution in [1.29, 1.82) is 0 Å². The number of hydrogen-bond acceptors (Lipinski definition) is 2. The van der Waals surface area contributed by atoms with Gasteiger partial charge in [0.05, 0.1) is 0 Å². The van der Waals surface area contributed by atoms with Gasteiger partial charge in [-0.25, -0.2) is 0 Å². The van der Waals surface area contributed by atoms with E-state index in [0.29, 0.717) is 12.0 Å². The molecule has 2 bridgehead atoms. The number of hydrogen-bond donors (Lipinski definition) is 1. The Labute approximate surface area is 123 Å². The summed E-state index contributed by atoms with van der Waals surface area (Å²) in [6.07, 6.45) is 5.47. The topological polar surface area (TPSA) is 15.3 Å². The molecule has 2 heteroatoms. The Morgan fingerprint density at radius 3 is 2.25 bits per heavy atom. The Morgan fingerprint density at radius 1 is 1.10 bits per heavy atom. The lowest BCUT2D eigenvalue weighted by molar-refractivity contribution is 0.148. The van der Waals surface area contributed by atoms with Crippen molar-refractivity contribution >= 4 is 0 Å². The first-order chi connectivity index (χ1) is 9.63. The first-order valence-electron chi connectivity index (χ1n) is 8.17. The van der Waals surface area contributed by atoms with Crippen LogP contribution in [0.3, 0.4) is 0 Å². The molecule has 0 amide bonds. The molecular weight excluding hydrogens is 244 g/mol. The van der Waals surface area contributed by atoms with Gasteiger partial charge < -0.3 is 10.2 Å². The third-order valence-electron chi connectivity index (χ3n) is 5.34. The van der Waals surface area contributed by atoms with Gasteiger partial charge in [-0.1, -0.05) is 38.1 Å². The lowest BCUT2D eigenvalue weighted by atomic mass is 9.97. The number of piperidine rings is 1. The van der Waals surface area contributed by atoms with E-state index in [1.54, 1.807) is 0 Å². The van der Waals surface area contributed by atoms with E-state index in [0.717, 1.165) is 18.6 Å². The maximum absolute atomic E-state index is 3.78. The summed E-state index contributed by atoms with van der Waals surface area (Å²) >= 11 is 0. The predicted molar refractivity (Wildman–Crippen MR) is 85.0 cm³/mol. The van der Waals surface area contributed by atoms with Crippen molar-refractivity contribution < 1.29 is 0 Å². The van der Waals surface area contributed by atoms with Gasteiger partial charge in [-0.15, -0.1) is 0 Å². The molecular formula is C18H28N2. The molecule has 2 atom stereocenters. The second-order valence-corrected chi connectivity index (χ2v) is 7.00. The molecule has 2 unspecified atom stereocenters.